The fourth-order valence-electron chi connectivity index (χ4n) is 1.85. The lowest BCUT2D eigenvalue weighted by Gasteiger charge is -2.19. The van der Waals surface area contributed by atoms with Crippen LogP contribution < -0.4 is 5.32 Å². The minimum atomic E-state index is -0.562. The van der Waals surface area contributed by atoms with Gasteiger partial charge in [-0.15, -0.1) is 0 Å². The first kappa shape index (κ1) is 16.9. The number of benzene rings is 1. The molecular formula is C17H17ClN2O3. The Labute approximate surface area is 139 Å². The molecule has 120 valence electrons. The molecule has 1 heterocycles. The fourth-order valence-corrected chi connectivity index (χ4v) is 2.11. The summed E-state index contributed by atoms with van der Waals surface area (Å²) in [5.74, 6) is 5.48. The van der Waals surface area contributed by atoms with Gasteiger partial charge in [0.2, 0.25) is 0 Å². The van der Waals surface area contributed by atoms with Crippen LogP contribution in [0.4, 0.5) is 4.79 Å². The Morgan fingerprint density at radius 3 is 2.91 bits per heavy atom. The highest BCUT2D eigenvalue weighted by molar-refractivity contribution is 6.35. The summed E-state index contributed by atoms with van der Waals surface area (Å²) in [6.07, 6.45) is 1.02. The summed E-state index contributed by atoms with van der Waals surface area (Å²) < 4.78 is 5.09. The van der Waals surface area contributed by atoms with Gasteiger partial charge in [0.05, 0.1) is 17.1 Å². The standard InChI is InChI=1S/C17H17ClN2O3/c1-17(2,3)23-16(22)20-9-4-6-11-10-13(18)12-7-5-8-19-14(12)15(11)21/h5,7-8,10,21H,9H2,1-3H3,(H,20,22). The molecule has 0 radical (unpaired) electrons. The van der Waals surface area contributed by atoms with Crippen molar-refractivity contribution in [3.8, 4) is 17.6 Å². The van der Waals surface area contributed by atoms with Crippen molar-refractivity contribution in [1.29, 1.82) is 0 Å². The predicted octanol–water partition coefficient (Wildman–Crippen LogP) is 3.47. The Kier molecular flexibility index (Phi) is 4.97. The monoisotopic (exact) mass is 332 g/mol. The van der Waals surface area contributed by atoms with Crippen molar-refractivity contribution in [2.45, 2.75) is 26.4 Å². The number of ether oxygens (including phenoxy) is 1. The largest absolute Gasteiger partial charge is 0.504 e. The number of phenolic OH excluding ortho intramolecular Hbond substituents is 1. The average Bonchev–Trinajstić information content (AvgIpc) is 2.46. The molecule has 0 unspecified atom stereocenters. The fraction of sp³-hybridized carbons (Fsp3) is 0.294. The lowest BCUT2D eigenvalue weighted by atomic mass is 10.1. The summed E-state index contributed by atoms with van der Waals surface area (Å²) in [5, 5.41) is 13.8. The van der Waals surface area contributed by atoms with Crippen LogP contribution >= 0.6 is 11.6 Å². The minimum Gasteiger partial charge on any atom is -0.504 e. The van der Waals surface area contributed by atoms with Crippen molar-refractivity contribution in [1.82, 2.24) is 10.3 Å². The van der Waals surface area contributed by atoms with Crippen molar-refractivity contribution in [3.05, 3.63) is 35.0 Å². The Bertz CT molecular complexity index is 801. The topological polar surface area (TPSA) is 71.5 Å². The van der Waals surface area contributed by atoms with Gasteiger partial charge in [-0.1, -0.05) is 23.4 Å². The number of hydrogen-bond donors (Lipinski definition) is 2. The van der Waals surface area contributed by atoms with Gasteiger partial charge in [-0.05, 0) is 39.0 Å². The highest BCUT2D eigenvalue weighted by atomic mass is 35.5. The number of aromatic hydroxyl groups is 1. The second-order valence-electron chi connectivity index (χ2n) is 5.81. The van der Waals surface area contributed by atoms with Gasteiger partial charge >= 0.3 is 6.09 Å². The third kappa shape index (κ3) is 4.51. The number of fused-ring (bicyclic) bond motifs is 1. The van der Waals surface area contributed by atoms with E-state index in [-0.39, 0.29) is 12.3 Å². The molecule has 2 rings (SSSR count). The second-order valence-corrected chi connectivity index (χ2v) is 6.22. The van der Waals surface area contributed by atoms with Gasteiger partial charge in [0.15, 0.2) is 5.75 Å². The molecule has 0 spiro atoms. The summed E-state index contributed by atoms with van der Waals surface area (Å²) in [4.78, 5) is 15.6. The number of nitrogens with zero attached hydrogens (tertiary/aromatic N) is 1. The molecular weight excluding hydrogens is 316 g/mol. The van der Waals surface area contributed by atoms with Gasteiger partial charge in [0.25, 0.3) is 0 Å². The number of carbonyl (C=O) groups excluding carboxylic acids is 1. The number of carbonyl (C=O) groups is 1. The summed E-state index contributed by atoms with van der Waals surface area (Å²) in [5.41, 5.74) is 0.185. The molecule has 2 aromatic rings. The molecule has 0 fully saturated rings. The summed E-state index contributed by atoms with van der Waals surface area (Å²) in [6.45, 7) is 5.42. The first-order valence-electron chi connectivity index (χ1n) is 7.00. The van der Waals surface area contributed by atoms with Gasteiger partial charge in [-0.2, -0.15) is 0 Å². The maximum atomic E-state index is 11.5. The Balaban J connectivity index is 2.12. The molecule has 0 saturated carbocycles. The van der Waals surface area contributed by atoms with Crippen molar-refractivity contribution in [2.24, 2.45) is 0 Å². The average molecular weight is 333 g/mol. The molecule has 0 aliphatic heterocycles. The van der Waals surface area contributed by atoms with Crippen molar-refractivity contribution >= 4 is 28.6 Å². The van der Waals surface area contributed by atoms with E-state index in [1.165, 1.54) is 0 Å². The number of rotatable bonds is 1. The number of amides is 1. The van der Waals surface area contributed by atoms with E-state index in [9.17, 15) is 9.90 Å². The minimum absolute atomic E-state index is 0.0326. The van der Waals surface area contributed by atoms with E-state index in [0.29, 0.717) is 21.5 Å². The maximum Gasteiger partial charge on any atom is 0.408 e. The van der Waals surface area contributed by atoms with Crippen LogP contribution in [-0.2, 0) is 4.74 Å². The van der Waals surface area contributed by atoms with Crippen LogP contribution in [0.15, 0.2) is 24.4 Å². The third-order valence-electron chi connectivity index (χ3n) is 2.76. The van der Waals surface area contributed by atoms with Crippen LogP contribution in [0, 0.1) is 11.8 Å². The molecule has 0 bridgehead atoms. The molecule has 0 saturated heterocycles. The van der Waals surface area contributed by atoms with Gasteiger partial charge in [-0.25, -0.2) is 4.79 Å². The smallest absolute Gasteiger partial charge is 0.408 e. The number of pyridine rings is 1. The number of phenols is 1. The van der Waals surface area contributed by atoms with Crippen LogP contribution in [0.5, 0.6) is 5.75 Å². The molecule has 0 aliphatic carbocycles. The molecule has 0 aliphatic rings. The zero-order valence-electron chi connectivity index (χ0n) is 13.1. The Hall–Kier alpha value is -2.45. The number of alkyl carbamates (subject to hydrolysis) is 1. The van der Waals surface area contributed by atoms with Crippen LogP contribution in [0.2, 0.25) is 5.02 Å². The normalized spacial score (nSPS) is 10.8. The molecule has 1 aromatic carbocycles. The zero-order chi connectivity index (χ0) is 17.0. The third-order valence-corrected chi connectivity index (χ3v) is 3.07. The lowest BCUT2D eigenvalue weighted by molar-refractivity contribution is 0.0535. The van der Waals surface area contributed by atoms with E-state index < -0.39 is 11.7 Å². The molecule has 23 heavy (non-hydrogen) atoms. The van der Waals surface area contributed by atoms with Crippen LogP contribution in [0.25, 0.3) is 10.9 Å². The van der Waals surface area contributed by atoms with E-state index in [4.69, 9.17) is 16.3 Å². The predicted molar refractivity (Wildman–Crippen MR) is 89.5 cm³/mol. The highest BCUT2D eigenvalue weighted by Crippen LogP contribution is 2.32. The highest BCUT2D eigenvalue weighted by Gasteiger charge is 2.15. The van der Waals surface area contributed by atoms with E-state index >= 15 is 0 Å². The van der Waals surface area contributed by atoms with E-state index in [0.717, 1.165) is 0 Å². The SMILES string of the molecule is CC(C)(C)OC(=O)NCC#Cc1cc(Cl)c2cccnc2c1O. The Morgan fingerprint density at radius 1 is 1.48 bits per heavy atom. The number of nitrogens with one attached hydrogen (secondary N) is 1. The zero-order valence-corrected chi connectivity index (χ0v) is 13.9. The summed E-state index contributed by atoms with van der Waals surface area (Å²) in [6, 6.07) is 5.08. The van der Waals surface area contributed by atoms with Crippen molar-refractivity contribution in [3.63, 3.8) is 0 Å². The number of hydrogen-bond acceptors (Lipinski definition) is 4. The van der Waals surface area contributed by atoms with E-state index in [1.807, 2.05) is 0 Å². The Morgan fingerprint density at radius 2 is 2.22 bits per heavy atom. The van der Waals surface area contributed by atoms with Crippen LogP contribution in [0.1, 0.15) is 26.3 Å². The van der Waals surface area contributed by atoms with Crippen LogP contribution in [0.3, 0.4) is 0 Å². The quantitative estimate of drug-likeness (QED) is 0.784. The number of halogens is 1. The van der Waals surface area contributed by atoms with E-state index in [1.54, 1.807) is 45.2 Å². The van der Waals surface area contributed by atoms with Gasteiger partial charge in [0.1, 0.15) is 11.1 Å². The second kappa shape index (κ2) is 6.76. The van der Waals surface area contributed by atoms with Crippen molar-refractivity contribution < 1.29 is 14.6 Å². The van der Waals surface area contributed by atoms with Crippen molar-refractivity contribution in [2.75, 3.05) is 6.54 Å². The number of aromatic nitrogens is 1. The summed E-state index contributed by atoms with van der Waals surface area (Å²) >= 11 is 6.16. The molecule has 2 N–H and O–H groups in total. The first-order chi connectivity index (χ1) is 10.8. The molecule has 1 aromatic heterocycles. The van der Waals surface area contributed by atoms with Gasteiger partial charge in [-0.3, -0.25) is 4.98 Å². The van der Waals surface area contributed by atoms with E-state index in [2.05, 4.69) is 22.1 Å². The molecule has 0 atom stereocenters. The summed E-state index contributed by atoms with van der Waals surface area (Å²) in [7, 11) is 0. The molecule has 5 nitrogen and oxygen atoms in total. The molecule has 6 heteroatoms. The van der Waals surface area contributed by atoms with Crippen LogP contribution in [-0.4, -0.2) is 28.3 Å². The van der Waals surface area contributed by atoms with Gasteiger partial charge < -0.3 is 15.2 Å². The molecule has 1 amide bonds. The lowest BCUT2D eigenvalue weighted by Crippen LogP contribution is -2.32. The first-order valence-corrected chi connectivity index (χ1v) is 7.37. The van der Waals surface area contributed by atoms with Gasteiger partial charge in [0, 0.05) is 11.6 Å². The maximum absolute atomic E-state index is 11.5.